The van der Waals surface area contributed by atoms with E-state index in [-0.39, 0.29) is 18.4 Å². The Bertz CT molecular complexity index is 942. The predicted molar refractivity (Wildman–Crippen MR) is 98.6 cm³/mol. The maximum atomic E-state index is 12.0. The number of ether oxygens (including phenoxy) is 1. The number of halogens is 1. The highest BCUT2D eigenvalue weighted by Gasteiger charge is 2.12. The number of thiazole rings is 1. The van der Waals surface area contributed by atoms with Crippen LogP contribution in [0.5, 0.6) is 5.75 Å². The van der Waals surface area contributed by atoms with E-state index in [0.717, 1.165) is 4.70 Å². The topological polar surface area (TPSA) is 80.3 Å². The first-order valence-corrected chi connectivity index (χ1v) is 8.53. The Morgan fingerprint density at radius 3 is 2.80 bits per heavy atom. The van der Waals surface area contributed by atoms with Gasteiger partial charge in [-0.15, -0.1) is 0 Å². The number of methoxy groups -OCH3 is 1. The van der Waals surface area contributed by atoms with Crippen LogP contribution < -0.4 is 15.4 Å². The third-order valence-corrected chi connectivity index (χ3v) is 4.52. The summed E-state index contributed by atoms with van der Waals surface area (Å²) in [5.41, 5.74) is 1.08. The maximum Gasteiger partial charge on any atom is 0.251 e. The van der Waals surface area contributed by atoms with E-state index in [1.54, 1.807) is 31.4 Å². The number of carbonyl (C=O) groups excluding carboxylic acids is 2. The Labute approximate surface area is 152 Å². The van der Waals surface area contributed by atoms with Crippen LogP contribution in [0.1, 0.15) is 10.4 Å². The van der Waals surface area contributed by atoms with Crippen LogP contribution in [0.25, 0.3) is 10.2 Å². The Hall–Kier alpha value is -2.64. The summed E-state index contributed by atoms with van der Waals surface area (Å²) in [5.74, 6) is -0.0967. The molecular formula is C17H14ClN3O3S. The van der Waals surface area contributed by atoms with Crippen molar-refractivity contribution in [2.45, 2.75) is 0 Å². The van der Waals surface area contributed by atoms with E-state index in [1.165, 1.54) is 17.4 Å². The number of fused-ring (bicyclic) bond motifs is 1. The van der Waals surface area contributed by atoms with Crippen LogP contribution in [0.15, 0.2) is 42.5 Å². The van der Waals surface area contributed by atoms with Crippen molar-refractivity contribution in [2.75, 3.05) is 19.0 Å². The highest BCUT2D eigenvalue weighted by molar-refractivity contribution is 7.22. The molecule has 1 heterocycles. The number of aromatic nitrogens is 1. The lowest BCUT2D eigenvalue weighted by atomic mass is 10.2. The second-order valence-electron chi connectivity index (χ2n) is 5.07. The summed E-state index contributed by atoms with van der Waals surface area (Å²) in [6.07, 6.45) is 0. The predicted octanol–water partition coefficient (Wildman–Crippen LogP) is 3.33. The van der Waals surface area contributed by atoms with E-state index in [0.29, 0.717) is 27.0 Å². The van der Waals surface area contributed by atoms with E-state index >= 15 is 0 Å². The molecule has 0 bridgehead atoms. The van der Waals surface area contributed by atoms with Gasteiger partial charge >= 0.3 is 0 Å². The molecule has 6 nitrogen and oxygen atoms in total. The normalized spacial score (nSPS) is 10.5. The molecule has 0 aliphatic carbocycles. The summed E-state index contributed by atoms with van der Waals surface area (Å²) in [6.45, 7) is -0.168. The Kier molecular flexibility index (Phi) is 5.16. The van der Waals surface area contributed by atoms with Crippen LogP contribution in [0.4, 0.5) is 5.13 Å². The average molecular weight is 376 g/mol. The molecule has 0 saturated carbocycles. The van der Waals surface area contributed by atoms with E-state index in [4.69, 9.17) is 16.3 Å². The van der Waals surface area contributed by atoms with E-state index in [1.807, 2.05) is 12.1 Å². The quantitative estimate of drug-likeness (QED) is 0.716. The first-order chi connectivity index (χ1) is 12.1. The van der Waals surface area contributed by atoms with Crippen LogP contribution in [0.3, 0.4) is 0 Å². The molecule has 25 heavy (non-hydrogen) atoms. The SMILES string of the molecule is COc1cccc2sc(NC(=O)CNC(=O)c3cccc(Cl)c3)nc12. The molecule has 0 atom stereocenters. The molecule has 0 saturated heterocycles. The van der Waals surface area contributed by atoms with Gasteiger partial charge in [0, 0.05) is 10.6 Å². The Balaban J connectivity index is 1.62. The number of hydrogen-bond acceptors (Lipinski definition) is 5. The van der Waals surface area contributed by atoms with Crippen molar-refractivity contribution in [1.82, 2.24) is 10.3 Å². The van der Waals surface area contributed by atoms with Crippen molar-refractivity contribution >= 4 is 50.1 Å². The highest BCUT2D eigenvalue weighted by Crippen LogP contribution is 2.31. The van der Waals surface area contributed by atoms with Gasteiger partial charge in [0.25, 0.3) is 5.91 Å². The van der Waals surface area contributed by atoms with Crippen molar-refractivity contribution in [3.05, 3.63) is 53.1 Å². The molecule has 2 N–H and O–H groups in total. The fourth-order valence-corrected chi connectivity index (χ4v) is 3.29. The van der Waals surface area contributed by atoms with Gasteiger partial charge in [-0.25, -0.2) is 4.98 Å². The third-order valence-electron chi connectivity index (χ3n) is 3.34. The first-order valence-electron chi connectivity index (χ1n) is 7.34. The average Bonchev–Trinajstić information content (AvgIpc) is 3.01. The van der Waals surface area contributed by atoms with Gasteiger partial charge in [0.05, 0.1) is 18.4 Å². The molecule has 2 aromatic carbocycles. The fraction of sp³-hybridized carbons (Fsp3) is 0.118. The number of nitrogens with zero attached hydrogens (tertiary/aromatic N) is 1. The highest BCUT2D eigenvalue weighted by atomic mass is 35.5. The molecule has 2 amide bonds. The van der Waals surface area contributed by atoms with Gasteiger partial charge in [-0.3, -0.25) is 9.59 Å². The molecule has 0 radical (unpaired) electrons. The van der Waals surface area contributed by atoms with Crippen molar-refractivity contribution in [2.24, 2.45) is 0 Å². The monoisotopic (exact) mass is 375 g/mol. The zero-order valence-electron chi connectivity index (χ0n) is 13.2. The lowest BCUT2D eigenvalue weighted by Crippen LogP contribution is -2.32. The van der Waals surface area contributed by atoms with Crippen LogP contribution in [-0.2, 0) is 4.79 Å². The zero-order valence-corrected chi connectivity index (χ0v) is 14.8. The minimum absolute atomic E-state index is 0.168. The summed E-state index contributed by atoms with van der Waals surface area (Å²) in [6, 6.07) is 12.1. The number of amides is 2. The third kappa shape index (κ3) is 4.07. The van der Waals surface area contributed by atoms with Gasteiger partial charge in [0.15, 0.2) is 5.13 Å². The van der Waals surface area contributed by atoms with Crippen molar-refractivity contribution in [3.63, 3.8) is 0 Å². The number of hydrogen-bond donors (Lipinski definition) is 2. The van der Waals surface area contributed by atoms with Gasteiger partial charge < -0.3 is 15.4 Å². The number of rotatable bonds is 5. The summed E-state index contributed by atoms with van der Waals surface area (Å²) in [7, 11) is 1.57. The number of anilines is 1. The van der Waals surface area contributed by atoms with E-state index < -0.39 is 0 Å². The Morgan fingerprint density at radius 2 is 2.04 bits per heavy atom. The smallest absolute Gasteiger partial charge is 0.251 e. The molecule has 0 spiro atoms. The molecule has 128 valence electrons. The van der Waals surface area contributed by atoms with Gasteiger partial charge in [0.1, 0.15) is 11.3 Å². The van der Waals surface area contributed by atoms with E-state index in [2.05, 4.69) is 15.6 Å². The maximum absolute atomic E-state index is 12.0. The van der Waals surface area contributed by atoms with Crippen molar-refractivity contribution < 1.29 is 14.3 Å². The summed E-state index contributed by atoms with van der Waals surface area (Å²) < 4.78 is 6.15. The first kappa shape index (κ1) is 17.2. The van der Waals surface area contributed by atoms with Gasteiger partial charge in [0.2, 0.25) is 5.91 Å². The van der Waals surface area contributed by atoms with Crippen molar-refractivity contribution in [1.29, 1.82) is 0 Å². The number of para-hydroxylation sites is 1. The second-order valence-corrected chi connectivity index (χ2v) is 6.53. The molecule has 0 fully saturated rings. The number of benzene rings is 2. The van der Waals surface area contributed by atoms with Crippen LogP contribution in [0, 0.1) is 0 Å². The summed E-state index contributed by atoms with van der Waals surface area (Å²) >= 11 is 7.18. The number of nitrogens with one attached hydrogen (secondary N) is 2. The van der Waals surface area contributed by atoms with Gasteiger partial charge in [-0.05, 0) is 30.3 Å². The fourth-order valence-electron chi connectivity index (χ4n) is 2.20. The molecule has 8 heteroatoms. The lowest BCUT2D eigenvalue weighted by Gasteiger charge is -2.05. The molecule has 0 aliphatic rings. The minimum atomic E-state index is -0.372. The molecular weight excluding hydrogens is 362 g/mol. The molecule has 0 unspecified atom stereocenters. The zero-order chi connectivity index (χ0) is 17.8. The largest absolute Gasteiger partial charge is 0.494 e. The van der Waals surface area contributed by atoms with Crippen LogP contribution in [-0.4, -0.2) is 30.5 Å². The van der Waals surface area contributed by atoms with Crippen LogP contribution in [0.2, 0.25) is 5.02 Å². The standard InChI is InChI=1S/C17H14ClN3O3S/c1-24-12-6-3-7-13-15(12)21-17(25-13)20-14(22)9-19-16(23)10-4-2-5-11(18)8-10/h2-8H,9H2,1H3,(H,19,23)(H,20,21,22). The molecule has 1 aromatic heterocycles. The molecule has 3 aromatic rings. The van der Waals surface area contributed by atoms with Gasteiger partial charge in [-0.1, -0.05) is 35.1 Å². The molecule has 3 rings (SSSR count). The molecule has 0 aliphatic heterocycles. The minimum Gasteiger partial charge on any atom is -0.494 e. The summed E-state index contributed by atoms with van der Waals surface area (Å²) in [4.78, 5) is 28.4. The van der Waals surface area contributed by atoms with E-state index in [9.17, 15) is 9.59 Å². The van der Waals surface area contributed by atoms with Crippen molar-refractivity contribution in [3.8, 4) is 5.75 Å². The number of carbonyl (C=O) groups is 2. The summed E-state index contributed by atoms with van der Waals surface area (Å²) in [5, 5.41) is 6.12. The lowest BCUT2D eigenvalue weighted by molar-refractivity contribution is -0.115. The second kappa shape index (κ2) is 7.50. The van der Waals surface area contributed by atoms with Crippen LogP contribution >= 0.6 is 22.9 Å². The van der Waals surface area contributed by atoms with Gasteiger partial charge in [-0.2, -0.15) is 0 Å². The Morgan fingerprint density at radius 1 is 1.24 bits per heavy atom.